The van der Waals surface area contributed by atoms with Crippen LogP contribution in [0.5, 0.6) is 0 Å². The Morgan fingerprint density at radius 2 is 1.05 bits per heavy atom. The zero-order valence-corrected chi connectivity index (χ0v) is 24.8. The van der Waals surface area contributed by atoms with Crippen molar-refractivity contribution in [3.8, 4) is 0 Å². The fraction of sp³-hybridized carbons (Fsp3) is 0.900. The van der Waals surface area contributed by atoms with E-state index in [2.05, 4.69) is 27.8 Å². The molecule has 1 atom stereocenters. The van der Waals surface area contributed by atoms with Crippen molar-refractivity contribution in [2.45, 2.75) is 135 Å². The minimum Gasteiger partial charge on any atom is -0.356 e. The number of carbonyl (C=O) groups excluding carboxylic acids is 3. The minimum absolute atomic E-state index is 0.0774. The smallest absolute Gasteiger partial charge is 0.220 e. The molecule has 0 aliphatic heterocycles. The van der Waals surface area contributed by atoms with Crippen molar-refractivity contribution < 1.29 is 14.4 Å². The first kappa shape index (κ1) is 35.5. The van der Waals surface area contributed by atoms with Crippen LogP contribution in [0.15, 0.2) is 0 Å². The monoisotopic (exact) mass is 524 g/mol. The Balaban J connectivity index is 3.51. The fourth-order valence-corrected chi connectivity index (χ4v) is 4.31. The largest absolute Gasteiger partial charge is 0.356 e. The maximum Gasteiger partial charge on any atom is 0.220 e. The third-order valence-corrected chi connectivity index (χ3v) is 6.82. The first-order valence-corrected chi connectivity index (χ1v) is 15.3. The molecule has 7 nitrogen and oxygen atoms in total. The lowest BCUT2D eigenvalue weighted by Crippen LogP contribution is -2.36. The summed E-state index contributed by atoms with van der Waals surface area (Å²) < 4.78 is 0. The average Bonchev–Trinajstić information content (AvgIpc) is 2.87. The number of hydrogen-bond acceptors (Lipinski definition) is 5. The number of amides is 2. The van der Waals surface area contributed by atoms with Crippen molar-refractivity contribution >= 4 is 17.6 Å². The summed E-state index contributed by atoms with van der Waals surface area (Å²) in [7, 11) is 4.00. The Bertz CT molecular complexity index is 569. The maximum absolute atomic E-state index is 12.3. The number of hydrogen-bond donors (Lipinski definition) is 3. The second-order valence-electron chi connectivity index (χ2n) is 10.8. The summed E-state index contributed by atoms with van der Waals surface area (Å²) in [5.41, 5.74) is 0. The van der Waals surface area contributed by atoms with E-state index in [9.17, 15) is 14.4 Å². The van der Waals surface area contributed by atoms with Crippen molar-refractivity contribution in [2.75, 3.05) is 40.3 Å². The number of rotatable bonds is 27. The molecule has 37 heavy (non-hydrogen) atoms. The van der Waals surface area contributed by atoms with Crippen LogP contribution in [0.2, 0.25) is 0 Å². The van der Waals surface area contributed by atoms with Crippen molar-refractivity contribution in [3.05, 3.63) is 0 Å². The van der Waals surface area contributed by atoms with Crippen LogP contribution in [0.25, 0.3) is 0 Å². The van der Waals surface area contributed by atoms with Crippen LogP contribution in [0, 0.1) is 0 Å². The van der Waals surface area contributed by atoms with Gasteiger partial charge in [0.2, 0.25) is 11.8 Å². The van der Waals surface area contributed by atoms with Gasteiger partial charge in [0, 0.05) is 32.4 Å². The molecule has 0 saturated heterocycles. The lowest BCUT2D eigenvalue weighted by Gasteiger charge is -2.13. The Kier molecular flexibility index (Phi) is 25.1. The maximum atomic E-state index is 12.3. The van der Waals surface area contributed by atoms with Crippen molar-refractivity contribution in [3.63, 3.8) is 0 Å². The SMILES string of the molecule is CCCCCCCCCCCCCCCC(=O)C(C)NCCCNC(=O)CCC(=O)NCCCN(C)C. The highest BCUT2D eigenvalue weighted by atomic mass is 16.2. The molecule has 3 N–H and O–H groups in total. The summed E-state index contributed by atoms with van der Waals surface area (Å²) >= 11 is 0. The molecule has 0 aromatic rings. The predicted molar refractivity (Wildman–Crippen MR) is 156 cm³/mol. The van der Waals surface area contributed by atoms with E-state index in [4.69, 9.17) is 0 Å². The van der Waals surface area contributed by atoms with Crippen LogP contribution in [0.1, 0.15) is 129 Å². The Hall–Kier alpha value is -1.47. The van der Waals surface area contributed by atoms with E-state index >= 15 is 0 Å². The number of nitrogens with one attached hydrogen (secondary N) is 3. The Labute approximate surface area is 228 Å². The highest BCUT2D eigenvalue weighted by Gasteiger charge is 2.11. The number of ketones is 1. The summed E-state index contributed by atoms with van der Waals surface area (Å²) in [5.74, 6) is 0.102. The van der Waals surface area contributed by atoms with E-state index in [1.807, 2.05) is 21.0 Å². The van der Waals surface area contributed by atoms with Gasteiger partial charge in [-0.05, 0) is 53.4 Å². The third kappa shape index (κ3) is 25.9. The molecule has 0 spiro atoms. The third-order valence-electron chi connectivity index (χ3n) is 6.82. The van der Waals surface area contributed by atoms with E-state index in [0.29, 0.717) is 26.1 Å². The molecule has 0 rings (SSSR count). The molecule has 0 aromatic carbocycles. The summed E-state index contributed by atoms with van der Waals surface area (Å²) in [6.45, 7) is 7.01. The normalized spacial score (nSPS) is 12.0. The lowest BCUT2D eigenvalue weighted by atomic mass is 10.0. The molecule has 0 aliphatic carbocycles. The van der Waals surface area contributed by atoms with E-state index < -0.39 is 0 Å². The van der Waals surface area contributed by atoms with Gasteiger partial charge in [0.15, 0.2) is 0 Å². The van der Waals surface area contributed by atoms with Gasteiger partial charge in [-0.2, -0.15) is 0 Å². The van der Waals surface area contributed by atoms with Gasteiger partial charge in [-0.15, -0.1) is 0 Å². The molecular formula is C30H60N4O3. The number of nitrogens with zero attached hydrogens (tertiary/aromatic N) is 1. The van der Waals surface area contributed by atoms with E-state index in [1.165, 1.54) is 70.6 Å². The summed E-state index contributed by atoms with van der Waals surface area (Å²) in [6, 6.07) is -0.135. The van der Waals surface area contributed by atoms with Crippen molar-refractivity contribution in [1.82, 2.24) is 20.9 Å². The van der Waals surface area contributed by atoms with E-state index in [0.717, 1.165) is 32.2 Å². The Morgan fingerprint density at radius 3 is 1.54 bits per heavy atom. The van der Waals surface area contributed by atoms with Crippen LogP contribution in [-0.2, 0) is 14.4 Å². The van der Waals surface area contributed by atoms with Gasteiger partial charge in [0.25, 0.3) is 0 Å². The second kappa shape index (κ2) is 26.1. The zero-order chi connectivity index (χ0) is 27.6. The van der Waals surface area contributed by atoms with Gasteiger partial charge in [-0.1, -0.05) is 84.0 Å². The van der Waals surface area contributed by atoms with Gasteiger partial charge in [0.05, 0.1) is 6.04 Å². The number of Topliss-reactive ketones (excluding diaryl/α,β-unsaturated/α-hetero) is 1. The quantitative estimate of drug-likeness (QED) is 0.126. The fourth-order valence-electron chi connectivity index (χ4n) is 4.31. The molecule has 2 amide bonds. The molecule has 0 heterocycles. The highest BCUT2D eigenvalue weighted by molar-refractivity contribution is 5.84. The summed E-state index contributed by atoms with van der Waals surface area (Å²) in [6.07, 6.45) is 19.8. The van der Waals surface area contributed by atoms with Crippen LogP contribution >= 0.6 is 0 Å². The van der Waals surface area contributed by atoms with E-state index in [1.54, 1.807) is 0 Å². The topological polar surface area (TPSA) is 90.5 Å². The molecule has 0 fully saturated rings. The summed E-state index contributed by atoms with van der Waals surface area (Å²) in [4.78, 5) is 38.1. The first-order valence-electron chi connectivity index (χ1n) is 15.3. The minimum atomic E-state index is -0.135. The molecular weight excluding hydrogens is 464 g/mol. The van der Waals surface area contributed by atoms with Crippen molar-refractivity contribution in [2.24, 2.45) is 0 Å². The van der Waals surface area contributed by atoms with Crippen LogP contribution in [0.3, 0.4) is 0 Å². The predicted octanol–water partition coefficient (Wildman–Crippen LogP) is 5.37. The summed E-state index contributed by atoms with van der Waals surface area (Å²) in [5, 5.41) is 8.97. The number of carbonyl (C=O) groups is 3. The van der Waals surface area contributed by atoms with Gasteiger partial charge in [0.1, 0.15) is 5.78 Å². The first-order chi connectivity index (χ1) is 17.9. The molecule has 0 saturated carbocycles. The lowest BCUT2D eigenvalue weighted by molar-refractivity contribution is -0.126. The van der Waals surface area contributed by atoms with Gasteiger partial charge >= 0.3 is 0 Å². The van der Waals surface area contributed by atoms with Crippen molar-refractivity contribution in [1.29, 1.82) is 0 Å². The molecule has 0 aromatic heterocycles. The van der Waals surface area contributed by atoms with Gasteiger partial charge in [-0.3, -0.25) is 14.4 Å². The van der Waals surface area contributed by atoms with E-state index in [-0.39, 0.29) is 36.5 Å². The molecule has 0 aliphatic rings. The molecule has 218 valence electrons. The van der Waals surface area contributed by atoms with Crippen LogP contribution in [-0.4, -0.2) is 68.8 Å². The van der Waals surface area contributed by atoms with Gasteiger partial charge in [-0.25, -0.2) is 0 Å². The molecule has 0 bridgehead atoms. The molecule has 7 heteroatoms. The van der Waals surface area contributed by atoms with Crippen LogP contribution in [0.4, 0.5) is 0 Å². The zero-order valence-electron chi connectivity index (χ0n) is 24.8. The molecule has 1 unspecified atom stereocenters. The van der Waals surface area contributed by atoms with Gasteiger partial charge < -0.3 is 20.9 Å². The molecule has 0 radical (unpaired) electrons. The van der Waals surface area contributed by atoms with Crippen LogP contribution < -0.4 is 16.0 Å². The standard InChI is InChI=1S/C30H60N4O3/c1-5-6-7-8-9-10-11-12-13-14-15-16-17-20-28(35)27(2)31-23-18-24-32-29(36)21-22-30(37)33-25-19-26-34(3)4/h27,31H,5-26H2,1-4H3,(H,32,36)(H,33,37). The number of unbranched alkanes of at least 4 members (excludes halogenated alkanes) is 12. The Morgan fingerprint density at radius 1 is 0.595 bits per heavy atom. The second-order valence-corrected chi connectivity index (χ2v) is 10.8. The highest BCUT2D eigenvalue weighted by Crippen LogP contribution is 2.13. The average molecular weight is 525 g/mol.